The van der Waals surface area contributed by atoms with Gasteiger partial charge in [-0.15, -0.1) is 0 Å². The van der Waals surface area contributed by atoms with Crippen LogP contribution in [0.5, 0.6) is 5.75 Å². The van der Waals surface area contributed by atoms with E-state index in [1.54, 1.807) is 0 Å². The monoisotopic (exact) mass is 159 g/mol. The van der Waals surface area contributed by atoms with E-state index in [1.165, 1.54) is 0 Å². The van der Waals surface area contributed by atoms with Crippen LogP contribution in [0.1, 0.15) is 5.76 Å². The lowest BCUT2D eigenvalue weighted by Gasteiger charge is -1.92. The second kappa shape index (κ2) is 3.75. The third-order valence-electron chi connectivity index (χ3n) is 1.02. The largest absolute Gasteiger partial charge is 0.502 e. The Morgan fingerprint density at radius 1 is 1.55 bits per heavy atom. The molecule has 0 unspecified atom stereocenters. The van der Waals surface area contributed by atoms with Gasteiger partial charge in [-0.25, -0.2) is 0 Å². The quantitative estimate of drug-likeness (QED) is 0.534. The molecule has 0 spiro atoms. The van der Waals surface area contributed by atoms with Crippen molar-refractivity contribution < 1.29 is 14.6 Å². The van der Waals surface area contributed by atoms with Crippen LogP contribution in [0.15, 0.2) is 21.5 Å². The van der Waals surface area contributed by atoms with Crippen LogP contribution < -0.4 is 11.6 Å². The third-order valence-corrected chi connectivity index (χ3v) is 1.02. The smallest absolute Gasteiger partial charge is 0.226 e. The molecule has 11 heavy (non-hydrogen) atoms. The summed E-state index contributed by atoms with van der Waals surface area (Å²) in [7, 11) is 0. The summed E-state index contributed by atoms with van der Waals surface area (Å²) in [5.41, 5.74) is -0.546. The zero-order valence-electron chi connectivity index (χ0n) is 5.78. The van der Waals surface area contributed by atoms with Gasteiger partial charge in [-0.2, -0.15) is 0 Å². The summed E-state index contributed by atoms with van der Waals surface area (Å²) in [6.45, 7) is -0.338. The molecule has 0 radical (unpaired) electrons. The number of hydrogen-bond donors (Lipinski definition) is 3. The molecule has 0 aliphatic rings. The molecule has 0 saturated carbocycles. The summed E-state index contributed by atoms with van der Waals surface area (Å²) in [4.78, 5) is 10.6. The normalized spacial score (nSPS) is 8.82. The van der Waals surface area contributed by atoms with Crippen molar-refractivity contribution in [2.75, 3.05) is 0 Å². The van der Waals surface area contributed by atoms with E-state index < -0.39 is 11.2 Å². The predicted octanol–water partition coefficient (Wildman–Crippen LogP) is -0.000300. The molecule has 0 amide bonds. The van der Waals surface area contributed by atoms with Crippen LogP contribution in [0.4, 0.5) is 0 Å². The van der Waals surface area contributed by atoms with Crippen molar-refractivity contribution in [3.63, 3.8) is 0 Å². The minimum atomic E-state index is -0.546. The first-order chi connectivity index (χ1) is 4.74. The van der Waals surface area contributed by atoms with E-state index in [4.69, 9.17) is 10.2 Å². The lowest BCUT2D eigenvalue weighted by atomic mass is 10.4. The maximum absolute atomic E-state index is 10.6. The molecule has 0 fully saturated rings. The molecule has 0 aliphatic carbocycles. The molecule has 1 heterocycles. The Bertz CT molecular complexity index is 280. The number of aliphatic hydroxyl groups excluding tert-OH is 1. The molecule has 5 N–H and O–H groups in total. The van der Waals surface area contributed by atoms with Gasteiger partial charge in [-0.3, -0.25) is 4.79 Å². The molecule has 0 bridgehead atoms. The fourth-order valence-electron chi connectivity index (χ4n) is 0.527. The average Bonchev–Trinajstić information content (AvgIpc) is 1.95. The second-order valence-corrected chi connectivity index (χ2v) is 1.75. The van der Waals surface area contributed by atoms with E-state index in [-0.39, 0.29) is 18.5 Å². The zero-order valence-corrected chi connectivity index (χ0v) is 5.78. The summed E-state index contributed by atoms with van der Waals surface area (Å²) in [5.74, 6) is -0.306. The summed E-state index contributed by atoms with van der Waals surface area (Å²) < 4.78 is 4.59. The molecular weight excluding hydrogens is 150 g/mol. The summed E-state index contributed by atoms with van der Waals surface area (Å²) in [5, 5.41) is 17.1. The van der Waals surface area contributed by atoms with Gasteiger partial charge in [0.1, 0.15) is 18.6 Å². The molecule has 1 aromatic rings. The first-order valence-electron chi connectivity index (χ1n) is 2.65. The number of hydrogen-bond acceptors (Lipinski definition) is 5. The van der Waals surface area contributed by atoms with Gasteiger partial charge < -0.3 is 20.8 Å². The lowest BCUT2D eigenvalue weighted by Crippen LogP contribution is -1.99. The lowest BCUT2D eigenvalue weighted by molar-refractivity contribution is 0.241. The molecule has 0 aliphatic heterocycles. The average molecular weight is 159 g/mol. The first-order valence-corrected chi connectivity index (χ1v) is 2.65. The van der Waals surface area contributed by atoms with E-state index in [0.29, 0.717) is 0 Å². The standard InChI is InChI=1S/C6H6O4.H3N/c7-2-4-1-5(8)6(9)3-10-4;/h1,3,7,9H,2H2;1H3. The fraction of sp³-hybridized carbons (Fsp3) is 0.167. The minimum absolute atomic E-state index is 0. The first kappa shape index (κ1) is 9.67. The molecule has 1 aromatic heterocycles. The van der Waals surface area contributed by atoms with Crippen molar-refractivity contribution in [3.8, 4) is 5.75 Å². The number of aromatic hydroxyl groups is 1. The van der Waals surface area contributed by atoms with Crippen LogP contribution in [-0.4, -0.2) is 10.2 Å². The Labute approximate surface area is 62.5 Å². The van der Waals surface area contributed by atoms with E-state index >= 15 is 0 Å². The van der Waals surface area contributed by atoms with Crippen LogP contribution in [-0.2, 0) is 6.61 Å². The van der Waals surface area contributed by atoms with Crippen molar-refractivity contribution in [1.82, 2.24) is 6.15 Å². The van der Waals surface area contributed by atoms with Crippen LogP contribution >= 0.6 is 0 Å². The van der Waals surface area contributed by atoms with Gasteiger partial charge in [0, 0.05) is 6.07 Å². The maximum Gasteiger partial charge on any atom is 0.226 e. The Morgan fingerprint density at radius 3 is 2.64 bits per heavy atom. The van der Waals surface area contributed by atoms with Gasteiger partial charge in [0.05, 0.1) is 0 Å². The molecule has 0 aromatic carbocycles. The maximum atomic E-state index is 10.6. The Morgan fingerprint density at radius 2 is 2.18 bits per heavy atom. The highest BCUT2D eigenvalue weighted by Gasteiger charge is 1.98. The highest BCUT2D eigenvalue weighted by molar-refractivity contribution is 5.14. The van der Waals surface area contributed by atoms with E-state index in [9.17, 15) is 4.79 Å². The molecule has 5 heteroatoms. The summed E-state index contributed by atoms with van der Waals surface area (Å²) in [6, 6.07) is 1.04. The zero-order chi connectivity index (χ0) is 7.56. The number of rotatable bonds is 1. The summed E-state index contributed by atoms with van der Waals surface area (Å²) >= 11 is 0. The van der Waals surface area contributed by atoms with Gasteiger partial charge >= 0.3 is 0 Å². The molecule has 0 saturated heterocycles. The Hall–Kier alpha value is -1.33. The van der Waals surface area contributed by atoms with Gasteiger partial charge in [0.15, 0.2) is 5.75 Å². The van der Waals surface area contributed by atoms with Crippen molar-refractivity contribution in [2.24, 2.45) is 0 Å². The molecular formula is C6H9NO4. The summed E-state index contributed by atoms with van der Waals surface area (Å²) in [6.07, 6.45) is 0.897. The van der Waals surface area contributed by atoms with E-state index in [2.05, 4.69) is 4.42 Å². The Kier molecular flexibility index (Phi) is 3.29. The van der Waals surface area contributed by atoms with Crippen molar-refractivity contribution in [2.45, 2.75) is 6.61 Å². The van der Waals surface area contributed by atoms with Gasteiger partial charge in [0.2, 0.25) is 5.43 Å². The van der Waals surface area contributed by atoms with Gasteiger partial charge in [0.25, 0.3) is 0 Å². The molecule has 0 atom stereocenters. The SMILES string of the molecule is N.O=c1cc(CO)occ1O. The van der Waals surface area contributed by atoms with Crippen molar-refractivity contribution in [3.05, 3.63) is 28.3 Å². The highest BCUT2D eigenvalue weighted by Crippen LogP contribution is 2.01. The fourth-order valence-corrected chi connectivity index (χ4v) is 0.527. The van der Waals surface area contributed by atoms with Crippen molar-refractivity contribution >= 4 is 0 Å². The van der Waals surface area contributed by atoms with Crippen LogP contribution in [0, 0.1) is 0 Å². The van der Waals surface area contributed by atoms with Crippen LogP contribution in [0.2, 0.25) is 0 Å². The van der Waals surface area contributed by atoms with Crippen LogP contribution in [0.25, 0.3) is 0 Å². The predicted molar refractivity (Wildman–Crippen MR) is 37.6 cm³/mol. The highest BCUT2D eigenvalue weighted by atomic mass is 16.4. The van der Waals surface area contributed by atoms with Gasteiger partial charge in [-0.1, -0.05) is 0 Å². The van der Waals surface area contributed by atoms with E-state index in [1.807, 2.05) is 0 Å². The molecule has 5 nitrogen and oxygen atoms in total. The Balaban J connectivity index is 0.000001000. The topological polar surface area (TPSA) is 106 Å². The van der Waals surface area contributed by atoms with E-state index in [0.717, 1.165) is 12.3 Å². The molecule has 62 valence electrons. The number of aliphatic hydroxyl groups is 1. The minimum Gasteiger partial charge on any atom is -0.502 e. The molecule has 1 rings (SSSR count). The third kappa shape index (κ3) is 2.06. The van der Waals surface area contributed by atoms with Crippen molar-refractivity contribution in [1.29, 1.82) is 0 Å². The second-order valence-electron chi connectivity index (χ2n) is 1.75. The van der Waals surface area contributed by atoms with Crippen LogP contribution in [0.3, 0.4) is 0 Å². The van der Waals surface area contributed by atoms with Gasteiger partial charge in [-0.05, 0) is 0 Å².